The standard InChI is InChI=1S/C32H41N3O5S/c1-4-7-23-33-32(37)28(5-2)34(24-22-26-16-10-8-11-17-26)31(36)25-35(29-20-14-15-21-30(29)40-6-3)41(38,39)27-18-12-9-13-19-27/h8-21,28H,4-7,22-25H2,1-3H3,(H,33,37)/t28-/m0/s1. The van der Waals surface area contributed by atoms with Crippen LogP contribution in [-0.4, -0.2) is 57.4 Å². The lowest BCUT2D eigenvalue weighted by Crippen LogP contribution is -2.53. The van der Waals surface area contributed by atoms with E-state index >= 15 is 0 Å². The van der Waals surface area contributed by atoms with E-state index in [1.165, 1.54) is 17.0 Å². The Kier molecular flexibility index (Phi) is 12.2. The molecule has 9 heteroatoms. The predicted molar refractivity (Wildman–Crippen MR) is 162 cm³/mol. The Bertz CT molecular complexity index is 1350. The molecule has 0 unspecified atom stereocenters. The van der Waals surface area contributed by atoms with Crippen molar-refractivity contribution in [2.24, 2.45) is 0 Å². The summed E-state index contributed by atoms with van der Waals surface area (Å²) in [6.07, 6.45) is 2.67. The molecule has 220 valence electrons. The fourth-order valence-electron chi connectivity index (χ4n) is 4.58. The third kappa shape index (κ3) is 8.57. The summed E-state index contributed by atoms with van der Waals surface area (Å²) < 4.78 is 34.8. The van der Waals surface area contributed by atoms with Gasteiger partial charge >= 0.3 is 0 Å². The molecule has 0 heterocycles. The van der Waals surface area contributed by atoms with Gasteiger partial charge in [0.2, 0.25) is 11.8 Å². The van der Waals surface area contributed by atoms with E-state index in [1.54, 1.807) is 42.5 Å². The van der Waals surface area contributed by atoms with Crippen molar-refractivity contribution in [2.75, 3.05) is 30.5 Å². The molecule has 3 rings (SSSR count). The number of nitrogens with zero attached hydrogens (tertiary/aromatic N) is 2. The lowest BCUT2D eigenvalue weighted by molar-refractivity contribution is -0.139. The number of unbranched alkanes of at least 4 members (excludes halogenated alkanes) is 1. The number of ether oxygens (including phenoxy) is 1. The van der Waals surface area contributed by atoms with Crippen molar-refractivity contribution in [1.29, 1.82) is 0 Å². The van der Waals surface area contributed by atoms with Gasteiger partial charge in [0, 0.05) is 13.1 Å². The highest BCUT2D eigenvalue weighted by Gasteiger charge is 2.34. The van der Waals surface area contributed by atoms with Gasteiger partial charge in [0.15, 0.2) is 0 Å². The SMILES string of the molecule is CCCCNC(=O)[C@H](CC)N(CCc1ccccc1)C(=O)CN(c1ccccc1OCC)S(=O)(=O)c1ccccc1. The minimum atomic E-state index is -4.16. The van der Waals surface area contributed by atoms with Crippen LogP contribution in [0.15, 0.2) is 89.8 Å². The number of nitrogens with one attached hydrogen (secondary N) is 1. The second kappa shape index (κ2) is 15.8. The summed E-state index contributed by atoms with van der Waals surface area (Å²) in [6, 6.07) is 23.7. The molecule has 0 spiro atoms. The van der Waals surface area contributed by atoms with Crippen LogP contribution in [0.1, 0.15) is 45.6 Å². The molecule has 0 aliphatic carbocycles. The van der Waals surface area contributed by atoms with Gasteiger partial charge in [-0.05, 0) is 56.0 Å². The van der Waals surface area contributed by atoms with Crippen LogP contribution in [0.5, 0.6) is 5.75 Å². The van der Waals surface area contributed by atoms with Gasteiger partial charge in [-0.2, -0.15) is 0 Å². The van der Waals surface area contributed by atoms with Crippen LogP contribution in [0.25, 0.3) is 0 Å². The highest BCUT2D eigenvalue weighted by atomic mass is 32.2. The number of anilines is 1. The minimum Gasteiger partial charge on any atom is -0.492 e. The van der Waals surface area contributed by atoms with Crippen molar-refractivity contribution in [3.63, 3.8) is 0 Å². The van der Waals surface area contributed by atoms with Crippen LogP contribution in [0.4, 0.5) is 5.69 Å². The fraction of sp³-hybridized carbons (Fsp3) is 0.375. The zero-order valence-corrected chi connectivity index (χ0v) is 25.0. The smallest absolute Gasteiger partial charge is 0.264 e. The molecule has 8 nitrogen and oxygen atoms in total. The van der Waals surface area contributed by atoms with E-state index in [0.29, 0.717) is 31.7 Å². The molecule has 0 saturated carbocycles. The van der Waals surface area contributed by atoms with Gasteiger partial charge < -0.3 is 15.0 Å². The summed E-state index contributed by atoms with van der Waals surface area (Å²) in [5, 5.41) is 2.95. The summed E-state index contributed by atoms with van der Waals surface area (Å²) in [5.41, 5.74) is 1.28. The van der Waals surface area contributed by atoms with Crippen molar-refractivity contribution in [3.05, 3.63) is 90.5 Å². The topological polar surface area (TPSA) is 96.0 Å². The van der Waals surface area contributed by atoms with Gasteiger partial charge in [0.1, 0.15) is 18.3 Å². The Balaban J connectivity index is 2.02. The molecule has 41 heavy (non-hydrogen) atoms. The molecule has 3 aromatic rings. The van der Waals surface area contributed by atoms with Gasteiger partial charge in [-0.1, -0.05) is 80.9 Å². The number of hydrogen-bond acceptors (Lipinski definition) is 5. The summed E-state index contributed by atoms with van der Waals surface area (Å²) in [5.74, 6) is -0.360. The van der Waals surface area contributed by atoms with Crippen molar-refractivity contribution in [3.8, 4) is 5.75 Å². The van der Waals surface area contributed by atoms with Gasteiger partial charge in [0.05, 0.1) is 17.2 Å². The summed E-state index contributed by atoms with van der Waals surface area (Å²) >= 11 is 0. The molecular weight excluding hydrogens is 538 g/mol. The summed E-state index contributed by atoms with van der Waals surface area (Å²) in [7, 11) is -4.16. The normalized spacial score (nSPS) is 11.9. The van der Waals surface area contributed by atoms with Crippen LogP contribution in [-0.2, 0) is 26.0 Å². The lowest BCUT2D eigenvalue weighted by atomic mass is 10.1. The van der Waals surface area contributed by atoms with Gasteiger partial charge in [-0.25, -0.2) is 8.42 Å². The Morgan fingerprint density at radius 3 is 2.15 bits per heavy atom. The van der Waals surface area contributed by atoms with E-state index in [0.717, 1.165) is 22.7 Å². The Hall–Kier alpha value is -3.85. The van der Waals surface area contributed by atoms with Crippen LogP contribution in [0.3, 0.4) is 0 Å². The Morgan fingerprint density at radius 1 is 0.878 bits per heavy atom. The molecule has 1 N–H and O–H groups in total. The van der Waals surface area contributed by atoms with Gasteiger partial charge in [0.25, 0.3) is 10.0 Å². The Morgan fingerprint density at radius 2 is 1.51 bits per heavy atom. The summed E-state index contributed by atoms with van der Waals surface area (Å²) in [6.45, 7) is 6.32. The van der Waals surface area contributed by atoms with Crippen LogP contribution >= 0.6 is 0 Å². The van der Waals surface area contributed by atoms with E-state index in [-0.39, 0.29) is 23.0 Å². The number of carbonyl (C=O) groups is 2. The van der Waals surface area contributed by atoms with Crippen LogP contribution < -0.4 is 14.4 Å². The number of sulfonamides is 1. The maximum atomic E-state index is 14.1. The molecule has 3 aromatic carbocycles. The zero-order valence-electron chi connectivity index (χ0n) is 24.2. The number of rotatable bonds is 16. The second-order valence-electron chi connectivity index (χ2n) is 9.62. The molecule has 2 amide bonds. The van der Waals surface area contributed by atoms with Gasteiger partial charge in [-0.3, -0.25) is 13.9 Å². The van der Waals surface area contributed by atoms with E-state index in [2.05, 4.69) is 5.32 Å². The Labute approximate surface area is 244 Å². The molecule has 0 aromatic heterocycles. The minimum absolute atomic E-state index is 0.0549. The third-order valence-corrected chi connectivity index (χ3v) is 8.52. The lowest BCUT2D eigenvalue weighted by Gasteiger charge is -2.33. The third-order valence-electron chi connectivity index (χ3n) is 6.74. The van der Waals surface area contributed by atoms with Crippen molar-refractivity contribution >= 4 is 27.5 Å². The molecule has 0 aliphatic rings. The average molecular weight is 580 g/mol. The first-order chi connectivity index (χ1) is 19.8. The quantitative estimate of drug-likeness (QED) is 0.240. The molecule has 0 bridgehead atoms. The molecule has 0 saturated heterocycles. The first-order valence-electron chi connectivity index (χ1n) is 14.2. The number of para-hydroxylation sites is 2. The van der Waals surface area contributed by atoms with Crippen molar-refractivity contribution < 1.29 is 22.7 Å². The zero-order chi connectivity index (χ0) is 29.7. The van der Waals surface area contributed by atoms with Gasteiger partial charge in [-0.15, -0.1) is 0 Å². The van der Waals surface area contributed by atoms with Crippen molar-refractivity contribution in [1.82, 2.24) is 10.2 Å². The fourth-order valence-corrected chi connectivity index (χ4v) is 6.02. The number of hydrogen-bond donors (Lipinski definition) is 1. The predicted octanol–water partition coefficient (Wildman–Crippen LogP) is 5.05. The van der Waals surface area contributed by atoms with Crippen molar-refractivity contribution in [2.45, 2.75) is 57.4 Å². The number of amides is 2. The first-order valence-corrected chi connectivity index (χ1v) is 15.7. The largest absolute Gasteiger partial charge is 0.492 e. The van der Waals surface area contributed by atoms with E-state index < -0.39 is 28.5 Å². The molecule has 0 aliphatic heterocycles. The van der Waals surface area contributed by atoms with E-state index in [1.807, 2.05) is 51.1 Å². The number of benzene rings is 3. The summed E-state index contributed by atoms with van der Waals surface area (Å²) in [4.78, 5) is 29.0. The second-order valence-corrected chi connectivity index (χ2v) is 11.5. The maximum absolute atomic E-state index is 14.1. The van der Waals surface area contributed by atoms with E-state index in [4.69, 9.17) is 4.74 Å². The highest BCUT2D eigenvalue weighted by molar-refractivity contribution is 7.92. The monoisotopic (exact) mass is 579 g/mol. The molecule has 0 fully saturated rings. The average Bonchev–Trinajstić information content (AvgIpc) is 2.99. The maximum Gasteiger partial charge on any atom is 0.264 e. The molecule has 0 radical (unpaired) electrons. The molecular formula is C32H41N3O5S. The number of carbonyl (C=O) groups excluding carboxylic acids is 2. The molecule has 1 atom stereocenters. The van der Waals surface area contributed by atoms with Crippen LogP contribution in [0.2, 0.25) is 0 Å². The van der Waals surface area contributed by atoms with Crippen LogP contribution in [0, 0.1) is 0 Å². The first kappa shape index (κ1) is 31.7. The van der Waals surface area contributed by atoms with E-state index in [9.17, 15) is 18.0 Å². The highest BCUT2D eigenvalue weighted by Crippen LogP contribution is 2.32.